The molecule has 2 nitrogen and oxygen atoms in total. The van der Waals surface area contributed by atoms with Gasteiger partial charge in [-0.15, -0.1) is 0 Å². The quantitative estimate of drug-likeness (QED) is 0.127. The molecule has 0 atom stereocenters. The third kappa shape index (κ3) is 5.25. The van der Waals surface area contributed by atoms with Gasteiger partial charge < -0.3 is 9.64 Å². The smallest absolute Gasteiger partial charge is 0.188 e. The second-order valence-corrected chi connectivity index (χ2v) is 21.8. The number of para-hydroxylation sites is 3. The van der Waals surface area contributed by atoms with Gasteiger partial charge in [0, 0.05) is 16.8 Å². The minimum Gasteiger partial charge on any atom is -0.458 e. The summed E-state index contributed by atoms with van der Waals surface area (Å²) < 4.78 is 6.72. The van der Waals surface area contributed by atoms with Crippen molar-refractivity contribution in [3.05, 3.63) is 231 Å². The van der Waals surface area contributed by atoms with Crippen LogP contribution in [0.1, 0.15) is 0 Å². The standard InChI is InChI=1S/C56H38NOSi2/c1-3-18-42(19-4-1)57(48-37-41-17-7-8-22-45(41)46-23-9-10-24-47(46)48)43-34-31-39(32-35-43)40-33-36-56-52(38-40)59(44-20-5-2-6-21-44)51-27-13-16-30-55(51)60(56)53-28-14-11-25-49(53)58-50-26-12-15-29-54(50)60/h1-38H. The van der Waals surface area contributed by atoms with Gasteiger partial charge in [0.25, 0.3) is 0 Å². The van der Waals surface area contributed by atoms with Crippen molar-refractivity contribution in [3.63, 3.8) is 0 Å². The molecule has 0 fully saturated rings. The summed E-state index contributed by atoms with van der Waals surface area (Å²) in [5.74, 6) is 1.95. The van der Waals surface area contributed by atoms with E-state index in [2.05, 4.69) is 235 Å². The van der Waals surface area contributed by atoms with Gasteiger partial charge in [0.1, 0.15) is 11.5 Å². The molecule has 0 N–H and O–H groups in total. The molecule has 1 radical (unpaired) electrons. The van der Waals surface area contributed by atoms with E-state index in [9.17, 15) is 0 Å². The third-order valence-corrected chi connectivity index (χ3v) is 20.9. The lowest BCUT2D eigenvalue weighted by molar-refractivity contribution is 0.487. The SMILES string of the molecule is c1ccc(N(c2ccc(-c3ccc4c(c3)[Si](c3ccccc3)c3ccccc3[Si]43c4ccccc4Oc4ccccc43)cc2)c2cc3ccccc3c3ccccc23)cc1. The van der Waals surface area contributed by atoms with Gasteiger partial charge >= 0.3 is 0 Å². The first kappa shape index (κ1) is 34.8. The molecule has 0 bridgehead atoms. The number of hydrogen-bond donors (Lipinski definition) is 0. The summed E-state index contributed by atoms with van der Waals surface area (Å²) in [6.45, 7) is 0. The van der Waals surface area contributed by atoms with E-state index in [1.54, 1.807) is 0 Å². The first-order valence-electron chi connectivity index (χ1n) is 20.7. The Balaban J connectivity index is 1.05. The van der Waals surface area contributed by atoms with Crippen molar-refractivity contribution in [3.8, 4) is 22.6 Å². The molecule has 60 heavy (non-hydrogen) atoms. The average Bonchev–Trinajstić information content (AvgIpc) is 3.32. The van der Waals surface area contributed by atoms with Crippen molar-refractivity contribution in [2.45, 2.75) is 0 Å². The number of hydrogen-bond acceptors (Lipinski definition) is 2. The van der Waals surface area contributed by atoms with Gasteiger partial charge in [-0.05, 0) is 95.7 Å². The van der Waals surface area contributed by atoms with Crippen LogP contribution in [0.25, 0.3) is 32.7 Å². The van der Waals surface area contributed by atoms with Crippen LogP contribution in [0.5, 0.6) is 11.5 Å². The van der Waals surface area contributed by atoms with Gasteiger partial charge in [-0.25, -0.2) is 0 Å². The van der Waals surface area contributed by atoms with Crippen LogP contribution in [0.4, 0.5) is 17.1 Å². The molecule has 10 aromatic rings. The van der Waals surface area contributed by atoms with Gasteiger partial charge in [0.15, 0.2) is 16.9 Å². The molecular formula is C56H38NOSi2. The summed E-state index contributed by atoms with van der Waals surface area (Å²) in [5, 5.41) is 14.9. The summed E-state index contributed by atoms with van der Waals surface area (Å²) in [7, 11) is -4.19. The van der Waals surface area contributed by atoms with E-state index in [1.807, 2.05) is 0 Å². The van der Waals surface area contributed by atoms with E-state index in [-0.39, 0.29) is 0 Å². The van der Waals surface area contributed by atoms with Gasteiger partial charge in [0.2, 0.25) is 0 Å². The normalized spacial score (nSPS) is 13.5. The van der Waals surface area contributed by atoms with Gasteiger partial charge in [0.05, 0.1) is 5.69 Å². The zero-order chi connectivity index (χ0) is 39.6. The van der Waals surface area contributed by atoms with Crippen LogP contribution in [-0.2, 0) is 0 Å². The fraction of sp³-hybridized carbons (Fsp3) is 0. The first-order valence-corrected chi connectivity index (χ1v) is 24.2. The predicted molar refractivity (Wildman–Crippen MR) is 256 cm³/mol. The molecule has 0 amide bonds. The van der Waals surface area contributed by atoms with Crippen molar-refractivity contribution in [1.82, 2.24) is 0 Å². The van der Waals surface area contributed by atoms with Crippen molar-refractivity contribution in [2.24, 2.45) is 0 Å². The lowest BCUT2D eigenvalue weighted by atomic mass is 9.98. The number of fused-ring (bicyclic) bond motifs is 11. The van der Waals surface area contributed by atoms with Crippen LogP contribution in [0.15, 0.2) is 231 Å². The van der Waals surface area contributed by atoms with Crippen LogP contribution in [0, 0.1) is 0 Å². The minimum absolute atomic E-state index is 0.973. The second kappa shape index (κ2) is 14.0. The van der Waals surface area contributed by atoms with E-state index in [0.29, 0.717) is 0 Å². The number of rotatable bonds is 5. The largest absolute Gasteiger partial charge is 0.458 e. The van der Waals surface area contributed by atoms with E-state index in [4.69, 9.17) is 4.74 Å². The Morgan fingerprint density at radius 2 is 0.900 bits per heavy atom. The van der Waals surface area contributed by atoms with E-state index >= 15 is 0 Å². The third-order valence-electron chi connectivity index (χ3n) is 12.6. The lowest BCUT2D eigenvalue weighted by Gasteiger charge is -2.45. The molecule has 0 saturated carbocycles. The fourth-order valence-corrected chi connectivity index (χ4v) is 19.8. The Morgan fingerprint density at radius 3 is 1.63 bits per heavy atom. The fourth-order valence-electron chi connectivity index (χ4n) is 10.1. The Morgan fingerprint density at radius 1 is 0.367 bits per heavy atom. The lowest BCUT2D eigenvalue weighted by Crippen LogP contribution is -2.87. The van der Waals surface area contributed by atoms with Crippen LogP contribution in [-0.4, -0.2) is 16.9 Å². The molecular weight excluding hydrogens is 759 g/mol. The molecule has 0 saturated heterocycles. The van der Waals surface area contributed by atoms with Crippen molar-refractivity contribution in [1.29, 1.82) is 0 Å². The van der Waals surface area contributed by atoms with Crippen LogP contribution >= 0.6 is 0 Å². The molecule has 2 aliphatic rings. The summed E-state index contributed by atoms with van der Waals surface area (Å²) in [6.07, 6.45) is 0. The Kier molecular flexibility index (Phi) is 8.08. The maximum absolute atomic E-state index is 6.72. The number of ether oxygens (including phenoxy) is 1. The molecule has 12 rings (SSSR count). The molecule has 2 heterocycles. The highest BCUT2D eigenvalue weighted by Gasteiger charge is 2.53. The Bertz CT molecular complexity index is 3210. The molecule has 2 aliphatic heterocycles. The Hall–Kier alpha value is -7.25. The maximum Gasteiger partial charge on any atom is 0.188 e. The minimum atomic E-state index is -2.80. The summed E-state index contributed by atoms with van der Waals surface area (Å²) in [4.78, 5) is 2.41. The maximum atomic E-state index is 6.72. The van der Waals surface area contributed by atoms with Crippen LogP contribution < -0.4 is 45.9 Å². The van der Waals surface area contributed by atoms with Crippen molar-refractivity contribution < 1.29 is 4.74 Å². The van der Waals surface area contributed by atoms with E-state index in [0.717, 1.165) is 28.6 Å². The Labute approximate surface area is 352 Å². The monoisotopic (exact) mass is 796 g/mol. The molecule has 0 aromatic heterocycles. The number of nitrogens with zero attached hydrogens (tertiary/aromatic N) is 1. The van der Waals surface area contributed by atoms with E-state index < -0.39 is 16.9 Å². The van der Waals surface area contributed by atoms with Crippen molar-refractivity contribution in [2.75, 3.05) is 4.90 Å². The summed E-state index contributed by atoms with van der Waals surface area (Å²) >= 11 is 0. The van der Waals surface area contributed by atoms with Crippen LogP contribution in [0.3, 0.4) is 0 Å². The van der Waals surface area contributed by atoms with Gasteiger partial charge in [-0.3, -0.25) is 0 Å². The summed E-state index contributed by atoms with van der Waals surface area (Å²) in [6, 6.07) is 85.4. The summed E-state index contributed by atoms with van der Waals surface area (Å²) in [5.41, 5.74) is 5.85. The molecule has 10 aromatic carbocycles. The highest BCUT2D eigenvalue weighted by Crippen LogP contribution is 2.42. The molecule has 281 valence electrons. The van der Waals surface area contributed by atoms with Gasteiger partial charge in [-0.1, -0.05) is 198 Å². The van der Waals surface area contributed by atoms with Gasteiger partial charge in [-0.2, -0.15) is 0 Å². The topological polar surface area (TPSA) is 12.5 Å². The number of anilines is 3. The molecule has 0 aliphatic carbocycles. The highest BCUT2D eigenvalue weighted by molar-refractivity contribution is 7.27. The second-order valence-electron chi connectivity index (χ2n) is 15.8. The first-order chi connectivity index (χ1) is 29.8. The zero-order valence-electron chi connectivity index (χ0n) is 32.8. The predicted octanol–water partition coefficient (Wildman–Crippen LogP) is 9.44. The van der Waals surface area contributed by atoms with Crippen molar-refractivity contribution >= 4 is 91.8 Å². The average molecular weight is 797 g/mol. The molecule has 4 heteroatoms. The van der Waals surface area contributed by atoms with Crippen LogP contribution in [0.2, 0.25) is 0 Å². The number of benzene rings is 10. The molecule has 0 unspecified atom stereocenters. The zero-order valence-corrected chi connectivity index (χ0v) is 34.8. The molecule has 1 spiro atoms. The van der Waals surface area contributed by atoms with E-state index in [1.165, 1.54) is 69.0 Å². The highest BCUT2D eigenvalue weighted by atomic mass is 28.3.